The van der Waals surface area contributed by atoms with Crippen molar-refractivity contribution in [2.24, 2.45) is 0 Å². The highest BCUT2D eigenvalue weighted by molar-refractivity contribution is 6.30. The summed E-state index contributed by atoms with van der Waals surface area (Å²) in [6.45, 7) is 2.96. The normalized spacial score (nSPS) is 15.2. The molecule has 3 aromatic rings. The quantitative estimate of drug-likeness (QED) is 0.519. The Hall–Kier alpha value is -2.00. The van der Waals surface area contributed by atoms with Gasteiger partial charge in [0.15, 0.2) is 0 Å². The van der Waals surface area contributed by atoms with E-state index in [2.05, 4.69) is 41.3 Å². The fourth-order valence-electron chi connectivity index (χ4n) is 3.23. The van der Waals surface area contributed by atoms with Crippen LogP contribution in [0.1, 0.15) is 17.5 Å². The second kappa shape index (κ2) is 8.59. The van der Waals surface area contributed by atoms with Crippen LogP contribution in [0.4, 0.5) is 0 Å². The standard InChI is InChI=1S/C22H20ClNO.ClH/c23-20-5-3-4-18(14-20)9-8-17-10-12-24(13-11-17)15-19-16-25-22-7-2-1-6-21(19)22;/h1-10,14,16H,11-13,15H2;1H/b9-8+;. The zero-order valence-corrected chi connectivity index (χ0v) is 16.0. The number of benzene rings is 2. The van der Waals surface area contributed by atoms with Crippen LogP contribution in [0.25, 0.3) is 17.0 Å². The summed E-state index contributed by atoms with van der Waals surface area (Å²) >= 11 is 6.03. The van der Waals surface area contributed by atoms with Crippen LogP contribution in [0.5, 0.6) is 0 Å². The summed E-state index contributed by atoms with van der Waals surface area (Å²) < 4.78 is 5.64. The van der Waals surface area contributed by atoms with E-state index in [1.165, 1.54) is 16.5 Å². The first-order valence-electron chi connectivity index (χ1n) is 8.58. The van der Waals surface area contributed by atoms with Gasteiger partial charge in [0.25, 0.3) is 0 Å². The highest BCUT2D eigenvalue weighted by Crippen LogP contribution is 2.24. The smallest absolute Gasteiger partial charge is 0.134 e. The number of hydrogen-bond acceptors (Lipinski definition) is 2. The Morgan fingerprint density at radius 1 is 1.08 bits per heavy atom. The first kappa shape index (κ1) is 18.8. The Morgan fingerprint density at radius 3 is 2.77 bits per heavy atom. The van der Waals surface area contributed by atoms with E-state index in [1.807, 2.05) is 36.6 Å². The Balaban J connectivity index is 0.00000196. The van der Waals surface area contributed by atoms with E-state index in [9.17, 15) is 0 Å². The molecule has 1 aliphatic heterocycles. The van der Waals surface area contributed by atoms with Gasteiger partial charge < -0.3 is 4.42 Å². The molecule has 1 aromatic heterocycles. The van der Waals surface area contributed by atoms with Crippen LogP contribution in [0.15, 0.2) is 76.9 Å². The largest absolute Gasteiger partial charge is 0.464 e. The molecule has 2 aromatic carbocycles. The third kappa shape index (κ3) is 4.39. The summed E-state index contributed by atoms with van der Waals surface area (Å²) in [5, 5.41) is 2.00. The van der Waals surface area contributed by atoms with Crippen molar-refractivity contribution >= 4 is 41.1 Å². The van der Waals surface area contributed by atoms with Gasteiger partial charge in [-0.25, -0.2) is 0 Å². The minimum absolute atomic E-state index is 0. The molecule has 2 heterocycles. The number of fused-ring (bicyclic) bond motifs is 1. The zero-order valence-electron chi connectivity index (χ0n) is 14.4. The molecule has 134 valence electrons. The van der Waals surface area contributed by atoms with Gasteiger partial charge in [0.1, 0.15) is 5.58 Å². The molecule has 0 bridgehead atoms. The van der Waals surface area contributed by atoms with Crippen molar-refractivity contribution < 1.29 is 4.42 Å². The number of furan rings is 1. The minimum Gasteiger partial charge on any atom is -0.464 e. The monoisotopic (exact) mass is 385 g/mol. The Morgan fingerprint density at radius 2 is 1.96 bits per heavy atom. The molecule has 1 aliphatic rings. The summed E-state index contributed by atoms with van der Waals surface area (Å²) in [6, 6.07) is 16.2. The maximum Gasteiger partial charge on any atom is 0.134 e. The molecule has 0 spiro atoms. The van der Waals surface area contributed by atoms with Gasteiger partial charge in [-0.05, 0) is 35.8 Å². The Labute approximate surface area is 165 Å². The molecular formula is C22H21Cl2NO. The third-order valence-corrected chi connectivity index (χ3v) is 4.86. The molecule has 0 amide bonds. The predicted octanol–water partition coefficient (Wildman–Crippen LogP) is 6.35. The number of para-hydroxylation sites is 1. The molecule has 0 saturated carbocycles. The lowest BCUT2D eigenvalue weighted by Gasteiger charge is -2.25. The number of allylic oxidation sites excluding steroid dienone is 1. The highest BCUT2D eigenvalue weighted by atomic mass is 35.5. The van der Waals surface area contributed by atoms with Crippen LogP contribution in [-0.2, 0) is 6.54 Å². The van der Waals surface area contributed by atoms with E-state index in [4.69, 9.17) is 16.0 Å². The van der Waals surface area contributed by atoms with Crippen LogP contribution in [-0.4, -0.2) is 18.0 Å². The van der Waals surface area contributed by atoms with Crippen LogP contribution in [0.3, 0.4) is 0 Å². The molecule has 0 unspecified atom stereocenters. The van der Waals surface area contributed by atoms with Crippen molar-refractivity contribution in [3.8, 4) is 0 Å². The number of nitrogens with zero attached hydrogens (tertiary/aromatic N) is 1. The lowest BCUT2D eigenvalue weighted by atomic mass is 10.1. The zero-order chi connectivity index (χ0) is 17.1. The minimum atomic E-state index is 0. The predicted molar refractivity (Wildman–Crippen MR) is 112 cm³/mol. The molecule has 4 heteroatoms. The van der Waals surface area contributed by atoms with Crippen LogP contribution in [0, 0.1) is 0 Å². The van der Waals surface area contributed by atoms with Gasteiger partial charge in [-0.3, -0.25) is 4.90 Å². The van der Waals surface area contributed by atoms with Crippen molar-refractivity contribution in [2.45, 2.75) is 13.0 Å². The van der Waals surface area contributed by atoms with Crippen molar-refractivity contribution in [1.82, 2.24) is 4.90 Å². The molecule has 0 radical (unpaired) electrons. The number of halogens is 2. The van der Waals surface area contributed by atoms with E-state index in [0.717, 1.165) is 42.2 Å². The van der Waals surface area contributed by atoms with Gasteiger partial charge in [-0.15, -0.1) is 12.4 Å². The summed E-state index contributed by atoms with van der Waals surface area (Å²) in [5.41, 5.74) is 4.76. The number of rotatable bonds is 4. The van der Waals surface area contributed by atoms with E-state index in [1.54, 1.807) is 0 Å². The second-order valence-electron chi connectivity index (χ2n) is 6.41. The molecule has 26 heavy (non-hydrogen) atoms. The van der Waals surface area contributed by atoms with E-state index < -0.39 is 0 Å². The van der Waals surface area contributed by atoms with Crippen molar-refractivity contribution in [2.75, 3.05) is 13.1 Å². The Kier molecular flexibility index (Phi) is 6.20. The average molecular weight is 386 g/mol. The summed E-state index contributed by atoms with van der Waals surface area (Å²) in [4.78, 5) is 2.45. The molecule has 0 aliphatic carbocycles. The Bertz CT molecular complexity index is 942. The van der Waals surface area contributed by atoms with Gasteiger partial charge in [-0.1, -0.05) is 60.2 Å². The van der Waals surface area contributed by atoms with Crippen LogP contribution >= 0.6 is 24.0 Å². The highest BCUT2D eigenvalue weighted by Gasteiger charge is 2.13. The number of hydrogen-bond donors (Lipinski definition) is 0. The first-order valence-corrected chi connectivity index (χ1v) is 8.96. The van der Waals surface area contributed by atoms with Crippen molar-refractivity contribution in [3.63, 3.8) is 0 Å². The van der Waals surface area contributed by atoms with Gasteiger partial charge in [-0.2, -0.15) is 0 Å². The van der Waals surface area contributed by atoms with Crippen LogP contribution in [0.2, 0.25) is 5.02 Å². The second-order valence-corrected chi connectivity index (χ2v) is 6.85. The molecular weight excluding hydrogens is 365 g/mol. The van der Waals surface area contributed by atoms with E-state index in [-0.39, 0.29) is 12.4 Å². The summed E-state index contributed by atoms with van der Waals surface area (Å²) in [7, 11) is 0. The van der Waals surface area contributed by atoms with Gasteiger partial charge in [0, 0.05) is 35.6 Å². The maximum atomic E-state index is 6.03. The first-order chi connectivity index (χ1) is 12.3. The SMILES string of the molecule is Cl.Clc1cccc(/C=C/C2=CCN(Cc3coc4ccccc34)CC2)c1. The van der Waals surface area contributed by atoms with Gasteiger partial charge in [0.2, 0.25) is 0 Å². The van der Waals surface area contributed by atoms with Gasteiger partial charge >= 0.3 is 0 Å². The average Bonchev–Trinajstić information content (AvgIpc) is 3.04. The topological polar surface area (TPSA) is 16.4 Å². The molecule has 0 saturated heterocycles. The third-order valence-electron chi connectivity index (χ3n) is 4.62. The molecule has 4 rings (SSSR count). The fraction of sp³-hybridized carbons (Fsp3) is 0.182. The molecule has 2 nitrogen and oxygen atoms in total. The molecule has 0 N–H and O–H groups in total. The van der Waals surface area contributed by atoms with Crippen molar-refractivity contribution in [1.29, 1.82) is 0 Å². The molecule has 0 atom stereocenters. The molecule has 0 fully saturated rings. The summed E-state index contributed by atoms with van der Waals surface area (Å²) in [6.07, 6.45) is 9.61. The lowest BCUT2D eigenvalue weighted by molar-refractivity contribution is 0.287. The fourth-order valence-corrected chi connectivity index (χ4v) is 3.43. The lowest BCUT2D eigenvalue weighted by Crippen LogP contribution is -2.27. The van der Waals surface area contributed by atoms with Gasteiger partial charge in [0.05, 0.1) is 6.26 Å². The van der Waals surface area contributed by atoms with Crippen LogP contribution < -0.4 is 0 Å². The van der Waals surface area contributed by atoms with E-state index in [0.29, 0.717) is 0 Å². The van der Waals surface area contributed by atoms with Crippen molar-refractivity contribution in [3.05, 3.63) is 88.7 Å². The summed E-state index contributed by atoms with van der Waals surface area (Å²) in [5.74, 6) is 0. The maximum absolute atomic E-state index is 6.03. The van der Waals surface area contributed by atoms with E-state index >= 15 is 0 Å².